The molecule has 3 aliphatic rings. The summed E-state index contributed by atoms with van der Waals surface area (Å²) in [6.07, 6.45) is 20.0. The number of benzene rings is 2. The summed E-state index contributed by atoms with van der Waals surface area (Å²) in [6, 6.07) is 9.79. The van der Waals surface area contributed by atoms with Crippen LogP contribution in [-0.2, 0) is 14.3 Å². The van der Waals surface area contributed by atoms with E-state index >= 15 is 0 Å². The van der Waals surface area contributed by atoms with Crippen LogP contribution in [0.2, 0.25) is 0 Å². The number of nitrogens with one attached hydrogen (secondary N) is 1. The van der Waals surface area contributed by atoms with Crippen molar-refractivity contribution >= 4 is 23.6 Å². The van der Waals surface area contributed by atoms with Gasteiger partial charge >= 0.3 is 12.2 Å². The highest BCUT2D eigenvalue weighted by atomic mass is 16.7. The number of carbonyl (C=O) groups excluding carboxylic acids is 2. The molecule has 6 unspecified atom stereocenters. The van der Waals surface area contributed by atoms with Crippen molar-refractivity contribution in [1.82, 2.24) is 4.90 Å². The van der Waals surface area contributed by atoms with Crippen LogP contribution in [0.4, 0.5) is 15.3 Å². The molecule has 1 aliphatic heterocycles. The molecule has 1 saturated carbocycles. The third-order valence-electron chi connectivity index (χ3n) is 13.6. The van der Waals surface area contributed by atoms with Gasteiger partial charge in [0.05, 0.1) is 44.8 Å². The maximum Gasteiger partial charge on any atom is 0.417 e. The van der Waals surface area contributed by atoms with Crippen molar-refractivity contribution in [3.63, 3.8) is 0 Å². The zero-order valence-electron chi connectivity index (χ0n) is 41.6. The van der Waals surface area contributed by atoms with Crippen molar-refractivity contribution < 1.29 is 53.1 Å². The fourth-order valence-electron chi connectivity index (χ4n) is 10.4. The molecular formula is C54H81N3O11. The zero-order valence-corrected chi connectivity index (χ0v) is 41.6. The average Bonchev–Trinajstić information content (AvgIpc) is 3.34. The highest BCUT2D eigenvalue weighted by Crippen LogP contribution is 2.62. The molecule has 1 fully saturated rings. The van der Waals surface area contributed by atoms with E-state index in [4.69, 9.17) is 38.4 Å². The van der Waals surface area contributed by atoms with Crippen molar-refractivity contribution in [1.29, 1.82) is 0 Å². The summed E-state index contributed by atoms with van der Waals surface area (Å²) < 4.78 is 37.4. The maximum absolute atomic E-state index is 14.6. The topological polar surface area (TPSA) is 167 Å². The summed E-state index contributed by atoms with van der Waals surface area (Å²) in [4.78, 5) is 35.8. The van der Waals surface area contributed by atoms with E-state index in [0.29, 0.717) is 73.4 Å². The van der Waals surface area contributed by atoms with Gasteiger partial charge in [0, 0.05) is 43.7 Å². The lowest BCUT2D eigenvalue weighted by Crippen LogP contribution is -2.70. The van der Waals surface area contributed by atoms with E-state index in [1.807, 2.05) is 26.0 Å². The molecule has 2 aliphatic carbocycles. The molecule has 68 heavy (non-hydrogen) atoms. The number of aliphatic hydroxyl groups is 2. The summed E-state index contributed by atoms with van der Waals surface area (Å²) in [5.74, 6) is -0.367. The van der Waals surface area contributed by atoms with Crippen molar-refractivity contribution in [3.05, 3.63) is 66.3 Å². The third kappa shape index (κ3) is 14.2. The summed E-state index contributed by atoms with van der Waals surface area (Å²) in [5.41, 5.74) is 2.87. The number of hydrogen-bond acceptors (Lipinski definition) is 12. The second kappa shape index (κ2) is 28.6. The summed E-state index contributed by atoms with van der Waals surface area (Å²) in [5, 5.41) is 27.5. The van der Waals surface area contributed by atoms with E-state index in [1.165, 1.54) is 52.1 Å². The Kier molecular flexibility index (Phi) is 22.8. The molecule has 2 aromatic carbocycles. The summed E-state index contributed by atoms with van der Waals surface area (Å²) in [7, 11) is 3.07. The number of oxime groups is 1. The first-order chi connectivity index (χ1) is 33.2. The van der Waals surface area contributed by atoms with Crippen molar-refractivity contribution in [2.75, 3.05) is 59.1 Å². The quantitative estimate of drug-likeness (QED) is 0.0374. The summed E-state index contributed by atoms with van der Waals surface area (Å²) >= 11 is 0. The Bertz CT molecular complexity index is 1940. The number of carbonyl (C=O) groups is 2. The molecule has 2 amide bonds. The lowest BCUT2D eigenvalue weighted by Gasteiger charge is -2.59. The van der Waals surface area contributed by atoms with Gasteiger partial charge in [-0.3, -0.25) is 10.2 Å². The van der Waals surface area contributed by atoms with Gasteiger partial charge in [-0.25, -0.2) is 9.59 Å². The van der Waals surface area contributed by atoms with Crippen molar-refractivity contribution in [2.24, 2.45) is 22.9 Å². The minimum absolute atomic E-state index is 0.00834. The van der Waals surface area contributed by atoms with Crippen LogP contribution in [0, 0.1) is 17.8 Å². The fourth-order valence-corrected chi connectivity index (χ4v) is 10.4. The Labute approximate surface area is 405 Å². The van der Waals surface area contributed by atoms with Crippen LogP contribution in [0.25, 0.3) is 0 Å². The predicted molar refractivity (Wildman–Crippen MR) is 266 cm³/mol. The van der Waals surface area contributed by atoms with E-state index in [2.05, 4.69) is 24.9 Å². The first-order valence-electron chi connectivity index (χ1n) is 25.6. The number of methoxy groups -OCH3 is 2. The van der Waals surface area contributed by atoms with Gasteiger partial charge in [0.1, 0.15) is 35.6 Å². The SMILES string of the molecule is C=CCOC12Oc3ccc(OC(=O)Nc4ccc(OC)cc4OC)cc3C3C(CCCCO)C(CCCCO)C=C(C(=NOCC)CC1N(CCC)C(=O)OCCCCCCCCCCCC)C32. The van der Waals surface area contributed by atoms with Gasteiger partial charge in [-0.05, 0) is 93.2 Å². The van der Waals surface area contributed by atoms with Gasteiger partial charge in [-0.2, -0.15) is 0 Å². The van der Waals surface area contributed by atoms with Gasteiger partial charge in [0.15, 0.2) is 0 Å². The zero-order chi connectivity index (χ0) is 48.7. The monoisotopic (exact) mass is 948 g/mol. The molecule has 14 nitrogen and oxygen atoms in total. The van der Waals surface area contributed by atoms with E-state index in [0.717, 1.165) is 56.1 Å². The van der Waals surface area contributed by atoms with Crippen molar-refractivity contribution in [2.45, 2.75) is 154 Å². The molecule has 0 radical (unpaired) electrons. The lowest BCUT2D eigenvalue weighted by atomic mass is 9.55. The number of ether oxygens (including phenoxy) is 6. The van der Waals surface area contributed by atoms with Crippen molar-refractivity contribution in [3.8, 4) is 23.0 Å². The second-order valence-electron chi connectivity index (χ2n) is 18.3. The van der Waals surface area contributed by atoms with Gasteiger partial charge < -0.3 is 43.5 Å². The highest BCUT2D eigenvalue weighted by Gasteiger charge is 2.65. The largest absolute Gasteiger partial charge is 0.497 e. The number of hydrogen-bond donors (Lipinski definition) is 3. The van der Waals surface area contributed by atoms with E-state index in [1.54, 1.807) is 42.4 Å². The van der Waals surface area contributed by atoms with Crippen LogP contribution >= 0.6 is 0 Å². The van der Waals surface area contributed by atoms with Crippen LogP contribution in [0.5, 0.6) is 23.0 Å². The third-order valence-corrected chi connectivity index (χ3v) is 13.6. The van der Waals surface area contributed by atoms with Crippen LogP contribution in [0.3, 0.4) is 0 Å². The normalized spacial score (nSPS) is 22.0. The molecular weight excluding hydrogens is 867 g/mol. The predicted octanol–water partition coefficient (Wildman–Crippen LogP) is 11.7. The Morgan fingerprint density at radius 3 is 2.24 bits per heavy atom. The number of amides is 2. The number of allylic oxidation sites excluding steroid dienone is 1. The molecule has 6 atom stereocenters. The van der Waals surface area contributed by atoms with Gasteiger partial charge in [0.2, 0.25) is 5.79 Å². The minimum atomic E-state index is -1.43. The Morgan fingerprint density at radius 1 is 0.868 bits per heavy atom. The number of aliphatic hydroxyl groups excluding tert-OH is 2. The molecule has 2 aromatic rings. The lowest BCUT2D eigenvalue weighted by molar-refractivity contribution is -0.255. The molecule has 14 heteroatoms. The Morgan fingerprint density at radius 2 is 1.57 bits per heavy atom. The van der Waals surface area contributed by atoms with Gasteiger partial charge in [-0.15, -0.1) is 6.58 Å². The van der Waals surface area contributed by atoms with E-state index in [-0.39, 0.29) is 44.0 Å². The number of unbranched alkanes of at least 4 members (excludes halogenated alkanes) is 11. The highest BCUT2D eigenvalue weighted by molar-refractivity contribution is 6.03. The van der Waals surface area contributed by atoms with Crippen LogP contribution in [-0.4, -0.2) is 98.6 Å². The molecule has 0 saturated heterocycles. The molecule has 378 valence electrons. The number of nitrogens with zero attached hydrogens (tertiary/aromatic N) is 2. The molecule has 0 bridgehead atoms. The Balaban J connectivity index is 1.56. The Hall–Kier alpha value is -4.79. The van der Waals surface area contributed by atoms with Crippen LogP contribution in [0.15, 0.2) is 65.9 Å². The number of anilines is 1. The fraction of sp³-hybridized carbons (Fsp3) is 0.648. The molecule has 3 N–H and O–H groups in total. The first kappa shape index (κ1) is 54.2. The minimum Gasteiger partial charge on any atom is -0.497 e. The first-order valence-corrected chi connectivity index (χ1v) is 25.6. The van der Waals surface area contributed by atoms with Gasteiger partial charge in [0.25, 0.3) is 0 Å². The van der Waals surface area contributed by atoms with Crippen LogP contribution in [0.1, 0.15) is 148 Å². The second-order valence-corrected chi connectivity index (χ2v) is 18.3. The maximum atomic E-state index is 14.6. The smallest absolute Gasteiger partial charge is 0.417 e. The van der Waals surface area contributed by atoms with Crippen LogP contribution < -0.4 is 24.3 Å². The standard InChI is InChI=1S/C54H81N3O11/c1-7-11-12-13-14-15-16-17-18-23-34-64-53(61)57(30-8-2)49-38-46(56-66-10-4)43-35-39(24-19-21-31-58)42(25-20-22-32-59)50-44-36-41(27-29-47(44)68-54(49,51(43)50)65-33-9-3)67-52(60)55-45-28-26-40(62-5)37-48(45)63-6/h9,26-29,35-37,39,42,49-51,58-59H,3,7-8,10-25,30-34,38H2,1-2,4-6H3,(H,55,60). The number of rotatable bonds is 31. The number of fused-ring (bicyclic) bond motifs is 2. The van der Waals surface area contributed by atoms with E-state index < -0.39 is 29.9 Å². The molecule has 0 aromatic heterocycles. The summed E-state index contributed by atoms with van der Waals surface area (Å²) in [6.45, 7) is 11.6. The molecule has 0 spiro atoms. The average molecular weight is 948 g/mol. The molecule has 5 rings (SSSR count). The van der Waals surface area contributed by atoms with Gasteiger partial charge in [-0.1, -0.05) is 102 Å². The molecule has 1 heterocycles. The van der Waals surface area contributed by atoms with E-state index in [9.17, 15) is 19.8 Å².